The van der Waals surface area contributed by atoms with E-state index in [-0.39, 0.29) is 11.7 Å². The highest BCUT2D eigenvalue weighted by atomic mass is 32.2. The normalized spacial score (nSPS) is 11.0. The van der Waals surface area contributed by atoms with Crippen molar-refractivity contribution in [1.29, 1.82) is 0 Å². The second-order valence-electron chi connectivity index (χ2n) is 7.42. The van der Waals surface area contributed by atoms with Gasteiger partial charge in [0.1, 0.15) is 0 Å². The van der Waals surface area contributed by atoms with Gasteiger partial charge in [-0.15, -0.1) is 10.2 Å². The summed E-state index contributed by atoms with van der Waals surface area (Å²) >= 11 is 1.38. The Labute approximate surface area is 176 Å². The van der Waals surface area contributed by atoms with E-state index < -0.39 is 0 Å². The Morgan fingerprint density at radius 1 is 1.07 bits per heavy atom. The molecule has 0 saturated heterocycles. The van der Waals surface area contributed by atoms with Crippen LogP contribution in [0, 0.1) is 0 Å². The highest BCUT2D eigenvalue weighted by Crippen LogP contribution is 2.25. The molecule has 0 radical (unpaired) electrons. The lowest BCUT2D eigenvalue weighted by atomic mass is 10.0. The largest absolute Gasteiger partial charge is 0.378 e. The summed E-state index contributed by atoms with van der Waals surface area (Å²) in [4.78, 5) is 14.4. The van der Waals surface area contributed by atoms with Crippen molar-refractivity contribution in [2.75, 3.05) is 30.1 Å². The number of thioether (sulfide) groups is 1. The molecule has 0 unspecified atom stereocenters. The van der Waals surface area contributed by atoms with E-state index in [2.05, 4.69) is 46.4 Å². The molecular weight excluding hydrogens is 382 g/mol. The van der Waals surface area contributed by atoms with Gasteiger partial charge in [0.15, 0.2) is 11.0 Å². The Morgan fingerprint density at radius 3 is 2.31 bits per heavy atom. The number of nitrogens with one attached hydrogen (secondary N) is 1. The number of benzene rings is 2. The second-order valence-corrected chi connectivity index (χ2v) is 8.36. The van der Waals surface area contributed by atoms with Crippen molar-refractivity contribution in [2.45, 2.75) is 24.9 Å². The molecule has 0 fully saturated rings. The first-order valence-electron chi connectivity index (χ1n) is 9.55. The Balaban J connectivity index is 1.60. The lowest BCUT2D eigenvalue weighted by Crippen LogP contribution is -2.14. The molecule has 0 bridgehead atoms. The first kappa shape index (κ1) is 20.9. The molecule has 0 atom stereocenters. The second kappa shape index (κ2) is 9.13. The predicted molar refractivity (Wildman–Crippen MR) is 121 cm³/mol. The van der Waals surface area contributed by atoms with Crippen molar-refractivity contribution >= 4 is 29.0 Å². The van der Waals surface area contributed by atoms with Crippen LogP contribution in [-0.4, -0.2) is 40.5 Å². The molecule has 29 heavy (non-hydrogen) atoms. The van der Waals surface area contributed by atoms with Crippen molar-refractivity contribution in [1.82, 2.24) is 14.8 Å². The van der Waals surface area contributed by atoms with Crippen LogP contribution in [0.5, 0.6) is 0 Å². The number of rotatable bonds is 7. The van der Waals surface area contributed by atoms with Crippen LogP contribution in [0.1, 0.15) is 25.3 Å². The molecule has 0 aliphatic rings. The molecule has 0 aliphatic carbocycles. The van der Waals surface area contributed by atoms with E-state index in [1.54, 1.807) is 0 Å². The number of aromatic nitrogens is 3. The SMILES string of the molecule is CC(C)c1ccc(NC(=O)CSc2nnc(-c3ccc(N(C)C)cc3)n2C)cc1. The molecule has 3 aromatic rings. The average Bonchev–Trinajstić information content (AvgIpc) is 3.07. The Morgan fingerprint density at radius 2 is 1.72 bits per heavy atom. The number of anilines is 2. The van der Waals surface area contributed by atoms with Gasteiger partial charge in [0, 0.05) is 38.1 Å². The summed E-state index contributed by atoms with van der Waals surface area (Å²) in [5.41, 5.74) is 4.18. The lowest BCUT2D eigenvalue weighted by Gasteiger charge is -2.12. The summed E-state index contributed by atoms with van der Waals surface area (Å²) < 4.78 is 1.92. The van der Waals surface area contributed by atoms with E-state index in [9.17, 15) is 4.79 Å². The van der Waals surface area contributed by atoms with E-state index in [0.29, 0.717) is 11.1 Å². The maximum Gasteiger partial charge on any atom is 0.234 e. The van der Waals surface area contributed by atoms with Gasteiger partial charge in [0.2, 0.25) is 5.91 Å². The van der Waals surface area contributed by atoms with Gasteiger partial charge in [-0.05, 0) is 47.9 Å². The van der Waals surface area contributed by atoms with Crippen LogP contribution in [0.4, 0.5) is 11.4 Å². The molecular formula is C22H27N5OS. The van der Waals surface area contributed by atoms with E-state index >= 15 is 0 Å². The van der Waals surface area contributed by atoms with E-state index in [1.807, 2.05) is 62.1 Å². The Bertz CT molecular complexity index is 962. The zero-order chi connectivity index (χ0) is 21.0. The van der Waals surface area contributed by atoms with E-state index in [4.69, 9.17) is 0 Å². The number of hydrogen-bond acceptors (Lipinski definition) is 5. The van der Waals surface area contributed by atoms with E-state index in [1.165, 1.54) is 17.3 Å². The van der Waals surface area contributed by atoms with Gasteiger partial charge in [0.05, 0.1) is 5.75 Å². The number of nitrogens with zero attached hydrogens (tertiary/aromatic N) is 4. The van der Waals surface area contributed by atoms with Gasteiger partial charge >= 0.3 is 0 Å². The minimum atomic E-state index is -0.0628. The Kier molecular flexibility index (Phi) is 6.59. The topological polar surface area (TPSA) is 63.1 Å². The van der Waals surface area contributed by atoms with Crippen LogP contribution in [0.3, 0.4) is 0 Å². The quantitative estimate of drug-likeness (QED) is 0.586. The maximum absolute atomic E-state index is 12.3. The van der Waals surface area contributed by atoms with Crippen LogP contribution in [0.15, 0.2) is 53.7 Å². The molecule has 0 saturated carbocycles. The van der Waals surface area contributed by atoms with Crippen LogP contribution < -0.4 is 10.2 Å². The fourth-order valence-corrected chi connectivity index (χ4v) is 3.59. The summed E-state index contributed by atoms with van der Waals surface area (Å²) in [6.45, 7) is 4.30. The monoisotopic (exact) mass is 409 g/mol. The smallest absolute Gasteiger partial charge is 0.234 e. The summed E-state index contributed by atoms with van der Waals surface area (Å²) in [5, 5.41) is 12.2. The zero-order valence-electron chi connectivity index (χ0n) is 17.5. The standard InChI is InChI=1S/C22H27N5OS/c1-15(2)16-6-10-18(11-7-16)23-20(28)14-29-22-25-24-21(27(22)5)17-8-12-19(13-9-17)26(3)4/h6-13,15H,14H2,1-5H3,(H,23,28). The van der Waals surface area contributed by atoms with Crippen LogP contribution >= 0.6 is 11.8 Å². The average molecular weight is 410 g/mol. The van der Waals surface area contributed by atoms with Crippen LogP contribution in [-0.2, 0) is 11.8 Å². The molecule has 6 nitrogen and oxygen atoms in total. The third-order valence-electron chi connectivity index (χ3n) is 4.67. The van der Waals surface area contributed by atoms with Gasteiger partial charge in [-0.2, -0.15) is 0 Å². The number of carbonyl (C=O) groups is 1. The molecule has 1 amide bonds. The summed E-state index contributed by atoms with van der Waals surface area (Å²) in [7, 11) is 5.94. The fourth-order valence-electron chi connectivity index (χ4n) is 2.88. The molecule has 2 aromatic carbocycles. The van der Waals surface area contributed by atoms with E-state index in [0.717, 1.165) is 22.8 Å². The van der Waals surface area contributed by atoms with Gasteiger partial charge in [-0.3, -0.25) is 4.79 Å². The molecule has 7 heteroatoms. The first-order valence-corrected chi connectivity index (χ1v) is 10.5. The molecule has 0 aliphatic heterocycles. The van der Waals surface area contributed by atoms with Crippen molar-refractivity contribution in [3.05, 3.63) is 54.1 Å². The van der Waals surface area contributed by atoms with Gasteiger partial charge in [-0.25, -0.2) is 0 Å². The third kappa shape index (κ3) is 5.17. The maximum atomic E-state index is 12.3. The summed E-state index contributed by atoms with van der Waals surface area (Å²) in [5.74, 6) is 1.46. The van der Waals surface area contributed by atoms with Crippen molar-refractivity contribution < 1.29 is 4.79 Å². The van der Waals surface area contributed by atoms with Crippen molar-refractivity contribution in [3.8, 4) is 11.4 Å². The van der Waals surface area contributed by atoms with Gasteiger partial charge in [0.25, 0.3) is 0 Å². The predicted octanol–water partition coefficient (Wildman–Crippen LogP) is 4.40. The van der Waals surface area contributed by atoms with Crippen LogP contribution in [0.2, 0.25) is 0 Å². The zero-order valence-corrected chi connectivity index (χ0v) is 18.3. The van der Waals surface area contributed by atoms with Crippen LogP contribution in [0.25, 0.3) is 11.4 Å². The lowest BCUT2D eigenvalue weighted by molar-refractivity contribution is -0.113. The van der Waals surface area contributed by atoms with Crippen molar-refractivity contribution in [3.63, 3.8) is 0 Å². The highest BCUT2D eigenvalue weighted by molar-refractivity contribution is 7.99. The molecule has 1 N–H and O–H groups in total. The molecule has 1 aromatic heterocycles. The third-order valence-corrected chi connectivity index (χ3v) is 5.69. The first-order chi connectivity index (χ1) is 13.8. The number of hydrogen-bond donors (Lipinski definition) is 1. The summed E-state index contributed by atoms with van der Waals surface area (Å²) in [6.07, 6.45) is 0. The molecule has 152 valence electrons. The minimum absolute atomic E-state index is 0.0628. The Hall–Kier alpha value is -2.80. The molecule has 0 spiro atoms. The number of carbonyl (C=O) groups excluding carboxylic acids is 1. The van der Waals surface area contributed by atoms with Gasteiger partial charge in [-0.1, -0.05) is 37.7 Å². The summed E-state index contributed by atoms with van der Waals surface area (Å²) in [6, 6.07) is 16.1. The molecule has 3 rings (SSSR count). The molecule has 1 heterocycles. The minimum Gasteiger partial charge on any atom is -0.378 e. The van der Waals surface area contributed by atoms with Crippen molar-refractivity contribution in [2.24, 2.45) is 7.05 Å². The number of amides is 1. The fraction of sp³-hybridized carbons (Fsp3) is 0.318. The highest BCUT2D eigenvalue weighted by Gasteiger charge is 2.13. The van der Waals surface area contributed by atoms with Gasteiger partial charge < -0.3 is 14.8 Å².